The number of esters is 1. The summed E-state index contributed by atoms with van der Waals surface area (Å²) in [5, 5.41) is 43.2. The molecule has 15 nitrogen and oxygen atoms in total. The van der Waals surface area contributed by atoms with Gasteiger partial charge in [-0.2, -0.15) is 0 Å². The van der Waals surface area contributed by atoms with E-state index in [-0.39, 0.29) is 11.7 Å². The molecule has 6 bridgehead atoms. The monoisotopic (exact) mass is 768 g/mol. The second-order valence-electron chi connectivity index (χ2n) is 14.7. The lowest BCUT2D eigenvalue weighted by Gasteiger charge is -2.40. The van der Waals surface area contributed by atoms with Crippen molar-refractivity contribution >= 4 is 17.7 Å². The van der Waals surface area contributed by atoms with Crippen LogP contribution in [0.5, 0.6) is 28.7 Å². The van der Waals surface area contributed by atoms with Gasteiger partial charge in [-0.3, -0.25) is 14.7 Å². The third-order valence-electron chi connectivity index (χ3n) is 11.1. The maximum absolute atomic E-state index is 11.9. The van der Waals surface area contributed by atoms with Gasteiger partial charge in [0, 0.05) is 41.8 Å². The molecule has 3 aromatic carbocycles. The predicted octanol–water partition coefficient (Wildman–Crippen LogP) is -0.0286. The van der Waals surface area contributed by atoms with Crippen LogP contribution >= 0.6 is 0 Å². The molecule has 9 aliphatic heterocycles. The SMILES string of the molecule is COc1c2ccc3c1OC1c4c(C[NH+]5C=C6C=CN=C6C5)cc(OC5OC(COC(=O)CC(=O)[O-])C(O)C(O)C5O)cc4OC(Cc4ccc(cc4)CCO2)C31. The number of hydrogen-bond acceptors (Lipinski definition) is 14. The van der Waals surface area contributed by atoms with Gasteiger partial charge in [-0.05, 0) is 29.3 Å². The highest BCUT2D eigenvalue weighted by atomic mass is 16.7. The first kappa shape index (κ1) is 36.2. The van der Waals surface area contributed by atoms with Crippen LogP contribution in [0.2, 0.25) is 0 Å². The molecule has 0 spiro atoms. The molecule has 9 atom stereocenters. The van der Waals surface area contributed by atoms with E-state index in [4.69, 9.17) is 33.2 Å². The molecule has 12 rings (SSSR count). The van der Waals surface area contributed by atoms with Crippen molar-refractivity contribution in [2.75, 3.05) is 26.9 Å². The lowest BCUT2D eigenvalue weighted by molar-refractivity contribution is -0.848. The van der Waals surface area contributed by atoms with Crippen LogP contribution in [0.15, 0.2) is 77.6 Å². The van der Waals surface area contributed by atoms with Crippen LogP contribution in [0.25, 0.3) is 0 Å². The Kier molecular flexibility index (Phi) is 9.42. The molecule has 3 aromatic rings. The van der Waals surface area contributed by atoms with E-state index in [1.54, 1.807) is 19.4 Å². The standard InChI is InChI=1S/C41H40N2O13/c1-50-39-27-7-6-25-34-28(12-21-4-2-20(3-5-21)9-11-51-27)54-29-14-24(53-41-37(49)36(48)35(47)30(55-41)19-52-32(46)15-31(44)45)13-23(33(29)40(34)56-38(25)39)17-43-16-22-8-10-42-26(22)18-43/h2-8,10,13-14,16,28,30,34-37,40-41,47-49H,9,11-12,15,17-19H2,1H3,(H,44,45). The number of aliphatic imine (C=N–C) groups is 1. The molecule has 0 amide bonds. The van der Waals surface area contributed by atoms with Crippen LogP contribution in [0, 0.1) is 0 Å². The van der Waals surface area contributed by atoms with Crippen molar-refractivity contribution in [3.63, 3.8) is 0 Å². The minimum atomic E-state index is -1.75. The minimum absolute atomic E-state index is 0.229. The Morgan fingerprint density at radius 3 is 2.61 bits per heavy atom. The normalized spacial score (nSPS) is 29.2. The number of aliphatic carboxylic acids is 1. The summed E-state index contributed by atoms with van der Waals surface area (Å²) < 4.78 is 43.1. The first-order valence-electron chi connectivity index (χ1n) is 18.6. The molecular weight excluding hydrogens is 728 g/mol. The molecule has 15 heteroatoms. The Bertz CT molecular complexity index is 2150. The second-order valence-corrected chi connectivity index (χ2v) is 14.7. The molecule has 0 saturated carbocycles. The number of benzene rings is 3. The summed E-state index contributed by atoms with van der Waals surface area (Å²) in [5.41, 5.74) is 6.84. The van der Waals surface area contributed by atoms with Crippen LogP contribution < -0.4 is 33.7 Å². The third-order valence-corrected chi connectivity index (χ3v) is 11.1. The molecule has 9 heterocycles. The van der Waals surface area contributed by atoms with Crippen LogP contribution in [0.3, 0.4) is 0 Å². The Morgan fingerprint density at radius 1 is 1.00 bits per heavy atom. The van der Waals surface area contributed by atoms with E-state index < -0.39 is 67.9 Å². The van der Waals surface area contributed by atoms with Gasteiger partial charge in [-0.25, -0.2) is 0 Å². The molecular formula is C41H40N2O13. The zero-order valence-electron chi connectivity index (χ0n) is 30.3. The van der Waals surface area contributed by atoms with E-state index >= 15 is 0 Å². The Hall–Kier alpha value is -5.45. The Balaban J connectivity index is 1.10. The number of aliphatic hydroxyl groups excluding tert-OH is 3. The summed E-state index contributed by atoms with van der Waals surface area (Å²) in [6, 6.07) is 15.9. The number of aliphatic hydroxyl groups is 3. The number of fused-ring (bicyclic) bond motifs is 3. The molecule has 56 heavy (non-hydrogen) atoms. The highest BCUT2D eigenvalue weighted by Crippen LogP contribution is 2.59. The summed E-state index contributed by atoms with van der Waals surface area (Å²) in [5.74, 6) is -0.555. The molecule has 4 N–H and O–H groups in total. The van der Waals surface area contributed by atoms with Crippen LogP contribution in [0.4, 0.5) is 0 Å². The second kappa shape index (κ2) is 14.6. The Morgan fingerprint density at radius 2 is 1.82 bits per heavy atom. The smallest absolute Gasteiger partial charge is 0.311 e. The van der Waals surface area contributed by atoms with Gasteiger partial charge in [0.25, 0.3) is 0 Å². The fourth-order valence-electron chi connectivity index (χ4n) is 8.43. The number of carboxylic acids is 1. The third kappa shape index (κ3) is 6.64. The van der Waals surface area contributed by atoms with Gasteiger partial charge in [-0.1, -0.05) is 30.3 Å². The number of carbonyl (C=O) groups is 2. The Labute approximate surface area is 320 Å². The molecule has 292 valence electrons. The quantitative estimate of drug-likeness (QED) is 0.167. The van der Waals surface area contributed by atoms with Gasteiger partial charge >= 0.3 is 5.97 Å². The molecule has 9 unspecified atom stereocenters. The molecule has 0 aromatic heterocycles. The number of nitrogens with zero attached hydrogens (tertiary/aromatic N) is 1. The number of quaternary nitrogens is 1. The zero-order valence-corrected chi connectivity index (χ0v) is 30.3. The fourth-order valence-corrected chi connectivity index (χ4v) is 8.43. The molecule has 0 aliphatic carbocycles. The summed E-state index contributed by atoms with van der Waals surface area (Å²) in [4.78, 5) is 28.4. The number of methoxy groups -OCH3 is 1. The van der Waals surface area contributed by atoms with Gasteiger partial charge < -0.3 is 58.4 Å². The number of carboxylic acid groups (broad SMARTS) is 1. The van der Waals surface area contributed by atoms with Crippen molar-refractivity contribution in [2.45, 2.75) is 74.6 Å². The molecule has 0 radical (unpaired) electrons. The average Bonchev–Trinajstić information content (AvgIpc) is 3.89. The van der Waals surface area contributed by atoms with Gasteiger partial charge in [0.05, 0.1) is 37.6 Å². The van der Waals surface area contributed by atoms with Gasteiger partial charge in [-0.15, -0.1) is 0 Å². The van der Waals surface area contributed by atoms with Crippen LogP contribution in [-0.4, -0.2) is 96.6 Å². The number of rotatable bonds is 9. The topological polar surface area (TPSA) is 199 Å². The molecule has 9 aliphatic rings. The largest absolute Gasteiger partial charge is 0.550 e. The number of carbonyl (C=O) groups excluding carboxylic acids is 2. The van der Waals surface area contributed by atoms with Crippen molar-refractivity contribution in [1.82, 2.24) is 0 Å². The maximum Gasteiger partial charge on any atom is 0.311 e. The summed E-state index contributed by atoms with van der Waals surface area (Å²) in [6.45, 7) is 0.978. The van der Waals surface area contributed by atoms with Crippen LogP contribution in [-0.2, 0) is 38.4 Å². The summed E-state index contributed by atoms with van der Waals surface area (Å²) >= 11 is 0. The van der Waals surface area contributed by atoms with Crippen molar-refractivity contribution in [3.8, 4) is 28.7 Å². The summed E-state index contributed by atoms with van der Waals surface area (Å²) in [6.07, 6.45) is -2.75. The average molecular weight is 769 g/mol. The van der Waals surface area contributed by atoms with Crippen molar-refractivity contribution < 1.29 is 68.1 Å². The van der Waals surface area contributed by atoms with Gasteiger partial charge in [0.15, 0.2) is 11.5 Å². The first-order chi connectivity index (χ1) is 27.1. The number of hydrogen-bond donors (Lipinski definition) is 4. The molecule has 1 saturated heterocycles. The zero-order chi connectivity index (χ0) is 38.7. The summed E-state index contributed by atoms with van der Waals surface area (Å²) in [7, 11) is 1.60. The number of nitrogens with one attached hydrogen (secondary N) is 1. The van der Waals surface area contributed by atoms with E-state index in [0.717, 1.165) is 44.0 Å². The highest BCUT2D eigenvalue weighted by Gasteiger charge is 2.50. The van der Waals surface area contributed by atoms with E-state index in [1.165, 1.54) is 0 Å². The van der Waals surface area contributed by atoms with E-state index in [9.17, 15) is 30.0 Å². The first-order valence-corrected chi connectivity index (χ1v) is 18.6. The van der Waals surface area contributed by atoms with Gasteiger partial charge in [0.2, 0.25) is 12.0 Å². The molecule has 1 fully saturated rings. The lowest BCUT2D eigenvalue weighted by atomic mass is 9.80. The maximum atomic E-state index is 11.9. The minimum Gasteiger partial charge on any atom is -0.550 e. The van der Waals surface area contributed by atoms with Crippen molar-refractivity contribution in [2.24, 2.45) is 4.99 Å². The van der Waals surface area contributed by atoms with Gasteiger partial charge in [0.1, 0.15) is 79.7 Å². The van der Waals surface area contributed by atoms with Crippen molar-refractivity contribution in [3.05, 3.63) is 100 Å². The van der Waals surface area contributed by atoms with E-state index in [1.807, 2.05) is 24.3 Å². The highest BCUT2D eigenvalue weighted by molar-refractivity contribution is 6.06. The van der Waals surface area contributed by atoms with E-state index in [2.05, 4.69) is 35.5 Å². The van der Waals surface area contributed by atoms with Crippen LogP contribution in [0.1, 0.15) is 46.3 Å². The van der Waals surface area contributed by atoms with Crippen molar-refractivity contribution in [1.29, 1.82) is 0 Å². The fraction of sp³-hybridized carbons (Fsp3) is 0.390. The lowest BCUT2D eigenvalue weighted by Crippen LogP contribution is -3.05. The number of allylic oxidation sites excluding steroid dienone is 1. The predicted molar refractivity (Wildman–Crippen MR) is 191 cm³/mol. The number of ether oxygens (including phenoxy) is 7. The van der Waals surface area contributed by atoms with E-state index in [0.29, 0.717) is 55.5 Å².